The molecule has 0 atom stereocenters. The molecule has 2 aliphatic rings. The van der Waals surface area contributed by atoms with Crippen molar-refractivity contribution in [2.45, 2.75) is 64.6 Å². The highest BCUT2D eigenvalue weighted by Crippen LogP contribution is 2.32. The summed E-state index contributed by atoms with van der Waals surface area (Å²) < 4.78 is 0. The molecule has 20 heavy (non-hydrogen) atoms. The SMILES string of the molecule is CC(C)CCN(c1ccc(CNC2CC2)cc1)C1CC1. The molecule has 2 aliphatic carbocycles. The third kappa shape index (κ3) is 3.99. The fourth-order valence-electron chi connectivity index (χ4n) is 2.66. The Morgan fingerprint density at radius 3 is 2.35 bits per heavy atom. The average Bonchev–Trinajstić information content (AvgIpc) is 3.31. The van der Waals surface area contributed by atoms with Crippen molar-refractivity contribution in [2.75, 3.05) is 11.4 Å². The van der Waals surface area contributed by atoms with E-state index < -0.39 is 0 Å². The molecule has 0 spiro atoms. The number of rotatable bonds is 8. The molecule has 0 heterocycles. The maximum Gasteiger partial charge on any atom is 0.0368 e. The van der Waals surface area contributed by atoms with Crippen molar-refractivity contribution in [2.24, 2.45) is 5.92 Å². The molecule has 0 unspecified atom stereocenters. The van der Waals surface area contributed by atoms with E-state index >= 15 is 0 Å². The Hall–Kier alpha value is -1.02. The third-order valence-electron chi connectivity index (χ3n) is 4.38. The first-order chi connectivity index (χ1) is 9.72. The van der Waals surface area contributed by atoms with Gasteiger partial charge in [-0.1, -0.05) is 26.0 Å². The van der Waals surface area contributed by atoms with Crippen molar-refractivity contribution in [3.63, 3.8) is 0 Å². The summed E-state index contributed by atoms with van der Waals surface area (Å²) in [6.07, 6.45) is 6.78. The van der Waals surface area contributed by atoms with Gasteiger partial charge in [-0.3, -0.25) is 0 Å². The Kier molecular flexibility index (Phi) is 4.30. The first-order valence-electron chi connectivity index (χ1n) is 8.31. The second-order valence-corrected chi connectivity index (χ2v) is 6.93. The summed E-state index contributed by atoms with van der Waals surface area (Å²) in [7, 11) is 0. The molecule has 2 heteroatoms. The van der Waals surface area contributed by atoms with Crippen LogP contribution in [0.3, 0.4) is 0 Å². The fourth-order valence-corrected chi connectivity index (χ4v) is 2.66. The van der Waals surface area contributed by atoms with Gasteiger partial charge in [0.2, 0.25) is 0 Å². The van der Waals surface area contributed by atoms with Gasteiger partial charge in [0.15, 0.2) is 0 Å². The standard InChI is InChI=1S/C18H28N2/c1-14(2)11-12-20(18-9-10-18)17-7-3-15(4-8-17)13-19-16-5-6-16/h3-4,7-8,14,16,18-19H,5-6,9-13H2,1-2H3. The Morgan fingerprint density at radius 2 is 1.80 bits per heavy atom. The summed E-state index contributed by atoms with van der Waals surface area (Å²) in [5.74, 6) is 0.790. The molecule has 0 bridgehead atoms. The molecule has 3 rings (SSSR count). The van der Waals surface area contributed by atoms with E-state index in [1.165, 1.54) is 49.9 Å². The summed E-state index contributed by atoms with van der Waals surface area (Å²) in [5.41, 5.74) is 2.84. The number of anilines is 1. The van der Waals surface area contributed by atoms with E-state index in [1.807, 2.05) is 0 Å². The lowest BCUT2D eigenvalue weighted by Gasteiger charge is -2.26. The average molecular weight is 272 g/mol. The fraction of sp³-hybridized carbons (Fsp3) is 0.667. The molecule has 0 aromatic heterocycles. The van der Waals surface area contributed by atoms with Crippen molar-refractivity contribution < 1.29 is 0 Å². The molecule has 1 aromatic carbocycles. The minimum Gasteiger partial charge on any atom is -0.369 e. The second-order valence-electron chi connectivity index (χ2n) is 6.93. The first-order valence-corrected chi connectivity index (χ1v) is 8.31. The lowest BCUT2D eigenvalue weighted by atomic mass is 10.1. The van der Waals surface area contributed by atoms with Crippen molar-refractivity contribution in [1.29, 1.82) is 0 Å². The van der Waals surface area contributed by atoms with Crippen LogP contribution in [0.25, 0.3) is 0 Å². The van der Waals surface area contributed by atoms with Crippen LogP contribution in [-0.4, -0.2) is 18.6 Å². The van der Waals surface area contributed by atoms with Gasteiger partial charge in [-0.05, 0) is 55.7 Å². The van der Waals surface area contributed by atoms with E-state index in [0.717, 1.165) is 24.5 Å². The van der Waals surface area contributed by atoms with Gasteiger partial charge in [0.1, 0.15) is 0 Å². The molecule has 2 saturated carbocycles. The zero-order chi connectivity index (χ0) is 13.9. The normalized spacial score (nSPS) is 18.6. The van der Waals surface area contributed by atoms with E-state index in [9.17, 15) is 0 Å². The molecule has 0 amide bonds. The highest BCUT2D eigenvalue weighted by molar-refractivity contribution is 5.49. The lowest BCUT2D eigenvalue weighted by Crippen LogP contribution is -2.27. The Labute approximate surface area is 123 Å². The van der Waals surface area contributed by atoms with Crippen LogP contribution in [0.1, 0.15) is 51.5 Å². The summed E-state index contributed by atoms with van der Waals surface area (Å²) in [4.78, 5) is 2.62. The van der Waals surface area contributed by atoms with Crippen LogP contribution in [0.15, 0.2) is 24.3 Å². The van der Waals surface area contributed by atoms with Crippen LogP contribution in [0.5, 0.6) is 0 Å². The number of nitrogens with zero attached hydrogens (tertiary/aromatic N) is 1. The molecule has 2 fully saturated rings. The monoisotopic (exact) mass is 272 g/mol. The summed E-state index contributed by atoms with van der Waals surface area (Å²) in [6.45, 7) is 6.87. The van der Waals surface area contributed by atoms with Crippen LogP contribution in [0, 0.1) is 5.92 Å². The van der Waals surface area contributed by atoms with Gasteiger partial charge in [-0.2, -0.15) is 0 Å². The van der Waals surface area contributed by atoms with Gasteiger partial charge in [-0.25, -0.2) is 0 Å². The molecule has 0 aliphatic heterocycles. The second kappa shape index (κ2) is 6.17. The summed E-state index contributed by atoms with van der Waals surface area (Å²) in [6, 6.07) is 10.9. The van der Waals surface area contributed by atoms with Crippen molar-refractivity contribution in [3.8, 4) is 0 Å². The smallest absolute Gasteiger partial charge is 0.0368 e. The van der Waals surface area contributed by atoms with Crippen LogP contribution >= 0.6 is 0 Å². The molecule has 2 nitrogen and oxygen atoms in total. The minimum atomic E-state index is 0.790. The largest absolute Gasteiger partial charge is 0.369 e. The topological polar surface area (TPSA) is 15.3 Å². The predicted molar refractivity (Wildman–Crippen MR) is 86.1 cm³/mol. The van der Waals surface area contributed by atoms with Gasteiger partial charge in [0.05, 0.1) is 0 Å². The Bertz CT molecular complexity index is 416. The minimum absolute atomic E-state index is 0.790. The zero-order valence-electron chi connectivity index (χ0n) is 12.9. The van der Waals surface area contributed by atoms with E-state index in [-0.39, 0.29) is 0 Å². The first kappa shape index (κ1) is 13.9. The number of hydrogen-bond acceptors (Lipinski definition) is 2. The maximum absolute atomic E-state index is 3.58. The summed E-state index contributed by atoms with van der Waals surface area (Å²) in [5, 5.41) is 3.58. The van der Waals surface area contributed by atoms with Crippen LogP contribution in [0.2, 0.25) is 0 Å². The quantitative estimate of drug-likeness (QED) is 0.771. The number of benzene rings is 1. The Morgan fingerprint density at radius 1 is 1.10 bits per heavy atom. The number of nitrogens with one attached hydrogen (secondary N) is 1. The molecule has 0 radical (unpaired) electrons. The molecular formula is C18H28N2. The van der Waals surface area contributed by atoms with E-state index in [4.69, 9.17) is 0 Å². The van der Waals surface area contributed by atoms with Crippen LogP contribution in [0.4, 0.5) is 5.69 Å². The van der Waals surface area contributed by atoms with E-state index in [1.54, 1.807) is 0 Å². The predicted octanol–water partition coefficient (Wildman–Crippen LogP) is 3.95. The summed E-state index contributed by atoms with van der Waals surface area (Å²) >= 11 is 0. The van der Waals surface area contributed by atoms with E-state index in [0.29, 0.717) is 0 Å². The van der Waals surface area contributed by atoms with Crippen molar-refractivity contribution in [3.05, 3.63) is 29.8 Å². The van der Waals surface area contributed by atoms with Gasteiger partial charge < -0.3 is 10.2 Å². The highest BCUT2D eigenvalue weighted by Gasteiger charge is 2.29. The third-order valence-corrected chi connectivity index (χ3v) is 4.38. The molecule has 110 valence electrons. The zero-order valence-corrected chi connectivity index (χ0v) is 12.9. The van der Waals surface area contributed by atoms with Crippen molar-refractivity contribution in [1.82, 2.24) is 5.32 Å². The van der Waals surface area contributed by atoms with Crippen molar-refractivity contribution >= 4 is 5.69 Å². The molecule has 1 aromatic rings. The molecule has 1 N–H and O–H groups in total. The Balaban J connectivity index is 1.58. The molecular weight excluding hydrogens is 244 g/mol. The highest BCUT2D eigenvalue weighted by atomic mass is 15.2. The number of hydrogen-bond donors (Lipinski definition) is 1. The van der Waals surface area contributed by atoms with Crippen LogP contribution < -0.4 is 10.2 Å². The van der Waals surface area contributed by atoms with E-state index in [2.05, 4.69) is 48.3 Å². The van der Waals surface area contributed by atoms with Gasteiger partial charge in [0, 0.05) is 30.9 Å². The van der Waals surface area contributed by atoms with Gasteiger partial charge in [0.25, 0.3) is 0 Å². The maximum atomic E-state index is 3.58. The lowest BCUT2D eigenvalue weighted by molar-refractivity contribution is 0.570. The van der Waals surface area contributed by atoms with Crippen LogP contribution in [-0.2, 0) is 6.54 Å². The van der Waals surface area contributed by atoms with Gasteiger partial charge in [-0.15, -0.1) is 0 Å². The van der Waals surface area contributed by atoms with Gasteiger partial charge >= 0.3 is 0 Å². The molecule has 0 saturated heterocycles.